The Bertz CT molecular complexity index is 399. The van der Waals surface area contributed by atoms with E-state index in [1.807, 2.05) is 13.1 Å². The highest BCUT2D eigenvalue weighted by Gasteiger charge is 2.48. The molecule has 1 saturated carbocycles. The van der Waals surface area contributed by atoms with Gasteiger partial charge in [-0.05, 0) is 50.6 Å². The fourth-order valence-corrected chi connectivity index (χ4v) is 2.68. The second-order valence-corrected chi connectivity index (χ2v) is 5.02. The van der Waals surface area contributed by atoms with E-state index in [2.05, 4.69) is 24.4 Å². The molecule has 0 amide bonds. The maximum absolute atomic E-state index is 5.91. The standard InChI is InChI=1S/C14H22N2O/c1-10-8-11(4-5-12(10)17-3)13(16-2)14(9-15)6-7-14/h4-5,8,13,16H,6-7,9,15H2,1-3H3. The van der Waals surface area contributed by atoms with Crippen molar-refractivity contribution in [3.05, 3.63) is 29.3 Å². The lowest BCUT2D eigenvalue weighted by Crippen LogP contribution is -2.32. The average Bonchev–Trinajstić information content (AvgIpc) is 3.11. The molecule has 1 aliphatic carbocycles. The minimum atomic E-state index is 0.274. The van der Waals surface area contributed by atoms with Crippen LogP contribution in [0.4, 0.5) is 0 Å². The zero-order chi connectivity index (χ0) is 12.5. The molecule has 1 aliphatic rings. The van der Waals surface area contributed by atoms with Crippen LogP contribution in [0.3, 0.4) is 0 Å². The van der Waals surface area contributed by atoms with E-state index >= 15 is 0 Å². The Morgan fingerprint density at radius 1 is 1.47 bits per heavy atom. The summed E-state index contributed by atoms with van der Waals surface area (Å²) < 4.78 is 5.30. The summed E-state index contributed by atoms with van der Waals surface area (Å²) >= 11 is 0. The molecule has 17 heavy (non-hydrogen) atoms. The van der Waals surface area contributed by atoms with E-state index in [4.69, 9.17) is 10.5 Å². The fourth-order valence-electron chi connectivity index (χ4n) is 2.68. The molecule has 0 radical (unpaired) electrons. The first kappa shape index (κ1) is 12.4. The largest absolute Gasteiger partial charge is 0.496 e. The lowest BCUT2D eigenvalue weighted by atomic mass is 9.89. The van der Waals surface area contributed by atoms with Gasteiger partial charge in [-0.25, -0.2) is 0 Å². The van der Waals surface area contributed by atoms with Crippen LogP contribution < -0.4 is 15.8 Å². The van der Waals surface area contributed by atoms with Gasteiger partial charge in [-0.2, -0.15) is 0 Å². The van der Waals surface area contributed by atoms with Crippen LogP contribution in [0.25, 0.3) is 0 Å². The van der Waals surface area contributed by atoms with Crippen molar-refractivity contribution in [2.24, 2.45) is 11.1 Å². The predicted molar refractivity (Wildman–Crippen MR) is 70.3 cm³/mol. The van der Waals surface area contributed by atoms with Crippen molar-refractivity contribution < 1.29 is 4.74 Å². The number of rotatable bonds is 5. The van der Waals surface area contributed by atoms with Crippen LogP contribution in [-0.4, -0.2) is 20.7 Å². The van der Waals surface area contributed by atoms with Crippen LogP contribution in [0.2, 0.25) is 0 Å². The van der Waals surface area contributed by atoms with Crippen molar-refractivity contribution in [3.8, 4) is 5.75 Å². The molecular weight excluding hydrogens is 212 g/mol. The first-order valence-corrected chi connectivity index (χ1v) is 6.19. The third-order valence-electron chi connectivity index (χ3n) is 3.95. The Labute approximate surface area is 103 Å². The molecule has 1 fully saturated rings. The zero-order valence-corrected chi connectivity index (χ0v) is 10.9. The molecule has 0 aromatic heterocycles. The van der Waals surface area contributed by atoms with Gasteiger partial charge in [-0.15, -0.1) is 0 Å². The Kier molecular flexibility index (Phi) is 3.40. The SMILES string of the molecule is CNC(c1ccc(OC)c(C)c1)C1(CN)CC1. The molecule has 1 aromatic rings. The third-order valence-corrected chi connectivity index (χ3v) is 3.95. The highest BCUT2D eigenvalue weighted by molar-refractivity contribution is 5.38. The first-order valence-electron chi connectivity index (χ1n) is 6.19. The summed E-state index contributed by atoms with van der Waals surface area (Å²) in [5.74, 6) is 0.946. The maximum Gasteiger partial charge on any atom is 0.121 e. The van der Waals surface area contributed by atoms with Crippen molar-refractivity contribution in [1.29, 1.82) is 0 Å². The summed E-state index contributed by atoms with van der Waals surface area (Å²) in [6.45, 7) is 2.83. The first-order chi connectivity index (χ1) is 8.16. The normalized spacial score (nSPS) is 18.8. The van der Waals surface area contributed by atoms with Crippen molar-refractivity contribution >= 4 is 0 Å². The zero-order valence-electron chi connectivity index (χ0n) is 10.9. The molecular formula is C14H22N2O. The van der Waals surface area contributed by atoms with Gasteiger partial charge < -0.3 is 15.8 Å². The van der Waals surface area contributed by atoms with Crippen LogP contribution in [0.5, 0.6) is 5.75 Å². The van der Waals surface area contributed by atoms with Crippen LogP contribution >= 0.6 is 0 Å². The molecule has 3 heteroatoms. The summed E-state index contributed by atoms with van der Waals surface area (Å²) in [7, 11) is 3.72. The average molecular weight is 234 g/mol. The number of aryl methyl sites for hydroxylation is 1. The van der Waals surface area contributed by atoms with E-state index in [0.717, 1.165) is 12.3 Å². The number of hydrogen-bond donors (Lipinski definition) is 2. The predicted octanol–water partition coefficient (Wildman–Crippen LogP) is 2.00. The Morgan fingerprint density at radius 3 is 2.59 bits per heavy atom. The van der Waals surface area contributed by atoms with Gasteiger partial charge in [0, 0.05) is 11.5 Å². The highest BCUT2D eigenvalue weighted by Crippen LogP contribution is 2.54. The van der Waals surface area contributed by atoms with E-state index < -0.39 is 0 Å². The molecule has 3 nitrogen and oxygen atoms in total. The molecule has 1 atom stereocenters. The molecule has 0 aliphatic heterocycles. The lowest BCUT2D eigenvalue weighted by Gasteiger charge is -2.26. The quantitative estimate of drug-likeness (QED) is 0.819. The van der Waals surface area contributed by atoms with Gasteiger partial charge in [0.1, 0.15) is 5.75 Å². The summed E-state index contributed by atoms with van der Waals surface area (Å²) in [6, 6.07) is 6.75. The summed E-state index contributed by atoms with van der Waals surface area (Å²) in [4.78, 5) is 0. The maximum atomic E-state index is 5.91. The number of hydrogen-bond acceptors (Lipinski definition) is 3. The van der Waals surface area contributed by atoms with Crippen LogP contribution in [0, 0.1) is 12.3 Å². The van der Waals surface area contributed by atoms with E-state index in [1.54, 1.807) is 7.11 Å². The third kappa shape index (κ3) is 2.17. The summed E-state index contributed by atoms with van der Waals surface area (Å²) in [5, 5.41) is 3.42. The van der Waals surface area contributed by atoms with Gasteiger partial charge in [0.25, 0.3) is 0 Å². The Morgan fingerprint density at radius 2 is 2.18 bits per heavy atom. The molecule has 1 aromatic carbocycles. The monoisotopic (exact) mass is 234 g/mol. The second-order valence-electron chi connectivity index (χ2n) is 5.02. The summed E-state index contributed by atoms with van der Waals surface area (Å²) in [5.41, 5.74) is 8.68. The number of nitrogens with one attached hydrogen (secondary N) is 1. The van der Waals surface area contributed by atoms with Gasteiger partial charge in [0.05, 0.1) is 7.11 Å². The van der Waals surface area contributed by atoms with E-state index in [9.17, 15) is 0 Å². The van der Waals surface area contributed by atoms with Crippen molar-refractivity contribution in [2.45, 2.75) is 25.8 Å². The molecule has 0 bridgehead atoms. The minimum Gasteiger partial charge on any atom is -0.496 e. The fraction of sp³-hybridized carbons (Fsp3) is 0.571. The number of methoxy groups -OCH3 is 1. The van der Waals surface area contributed by atoms with Crippen molar-refractivity contribution in [3.63, 3.8) is 0 Å². The number of nitrogens with two attached hydrogens (primary N) is 1. The molecule has 0 heterocycles. The van der Waals surface area contributed by atoms with E-state index in [1.165, 1.54) is 24.0 Å². The molecule has 0 saturated heterocycles. The molecule has 1 unspecified atom stereocenters. The van der Waals surface area contributed by atoms with E-state index in [-0.39, 0.29) is 5.41 Å². The van der Waals surface area contributed by atoms with Crippen molar-refractivity contribution in [1.82, 2.24) is 5.32 Å². The molecule has 94 valence electrons. The molecule has 0 spiro atoms. The van der Waals surface area contributed by atoms with Gasteiger partial charge in [0.15, 0.2) is 0 Å². The highest BCUT2D eigenvalue weighted by atomic mass is 16.5. The Balaban J connectivity index is 2.29. The van der Waals surface area contributed by atoms with Crippen LogP contribution in [0.15, 0.2) is 18.2 Å². The van der Waals surface area contributed by atoms with E-state index in [0.29, 0.717) is 6.04 Å². The number of benzene rings is 1. The van der Waals surface area contributed by atoms with Gasteiger partial charge >= 0.3 is 0 Å². The van der Waals surface area contributed by atoms with Crippen LogP contribution in [0.1, 0.15) is 30.0 Å². The minimum absolute atomic E-state index is 0.274. The topological polar surface area (TPSA) is 47.3 Å². The molecule has 2 rings (SSSR count). The van der Waals surface area contributed by atoms with Gasteiger partial charge in [0.2, 0.25) is 0 Å². The van der Waals surface area contributed by atoms with Crippen LogP contribution in [-0.2, 0) is 0 Å². The smallest absolute Gasteiger partial charge is 0.121 e. The lowest BCUT2D eigenvalue weighted by molar-refractivity contribution is 0.365. The summed E-state index contributed by atoms with van der Waals surface area (Å²) in [6.07, 6.45) is 2.44. The van der Waals surface area contributed by atoms with Gasteiger partial charge in [-0.1, -0.05) is 12.1 Å². The molecule has 3 N–H and O–H groups in total. The van der Waals surface area contributed by atoms with Gasteiger partial charge in [-0.3, -0.25) is 0 Å². The van der Waals surface area contributed by atoms with Crippen molar-refractivity contribution in [2.75, 3.05) is 20.7 Å². The second kappa shape index (κ2) is 4.67. The number of ether oxygens (including phenoxy) is 1. The Hall–Kier alpha value is -1.06.